The fourth-order valence-electron chi connectivity index (χ4n) is 4.27. The summed E-state index contributed by atoms with van der Waals surface area (Å²) < 4.78 is 0. The molecule has 1 N–H and O–H groups in total. The third-order valence-corrected chi connectivity index (χ3v) is 5.60. The summed E-state index contributed by atoms with van der Waals surface area (Å²) >= 11 is 0. The van der Waals surface area contributed by atoms with Crippen molar-refractivity contribution in [3.63, 3.8) is 0 Å². The van der Waals surface area contributed by atoms with Gasteiger partial charge in [0.05, 0.1) is 0 Å². The fraction of sp³-hybridized carbons (Fsp3) is 0.929. The predicted molar refractivity (Wildman–Crippen MR) is 150 cm³/mol. The monoisotopic (exact) mass is 518 g/mol. The van der Waals surface area contributed by atoms with Gasteiger partial charge in [0.15, 0.2) is 0 Å². The van der Waals surface area contributed by atoms with E-state index in [0.717, 1.165) is 36.3 Å². The zero-order valence-electron chi connectivity index (χ0n) is 23.5. The minimum atomic E-state index is 0. The second kappa shape index (κ2) is 41.4. The van der Waals surface area contributed by atoms with Crippen LogP contribution in [-0.2, 0) is 32.7 Å². The molecule has 192 valence electrons. The molecule has 5 atom stereocenters. The van der Waals surface area contributed by atoms with E-state index in [1.54, 1.807) is 6.92 Å². The van der Waals surface area contributed by atoms with E-state index in [-0.39, 0.29) is 50.0 Å². The molecular weight excluding hydrogens is 450 g/mol. The molecule has 4 unspecified atom stereocenters. The molecule has 31 heavy (non-hydrogen) atoms. The second-order valence-corrected chi connectivity index (χ2v) is 6.74. The Balaban J connectivity index is -0.0000000610. The molecule has 3 heteroatoms. The van der Waals surface area contributed by atoms with E-state index in [4.69, 9.17) is 0 Å². The molecule has 2 saturated carbocycles. The van der Waals surface area contributed by atoms with Gasteiger partial charge in [-0.15, -0.1) is 0 Å². The van der Waals surface area contributed by atoms with Crippen molar-refractivity contribution in [2.75, 3.05) is 6.54 Å². The molecule has 2 rings (SSSR count). The number of hydrogen-bond acceptors (Lipinski definition) is 1. The Hall–Kier alpha value is 1.13. The minimum Gasteiger partial charge on any atom is -0.346 e. The van der Waals surface area contributed by atoms with Crippen LogP contribution in [0.5, 0.6) is 0 Å². The maximum Gasteiger partial charge on any atom is 0.00952 e. The first-order chi connectivity index (χ1) is 13.7. The molecule has 0 spiro atoms. The van der Waals surface area contributed by atoms with E-state index < -0.39 is 0 Å². The average Bonchev–Trinajstić information content (AvgIpc) is 2.80. The van der Waals surface area contributed by atoms with E-state index >= 15 is 0 Å². The van der Waals surface area contributed by atoms with Crippen LogP contribution in [0, 0.1) is 37.0 Å². The van der Waals surface area contributed by atoms with Crippen molar-refractivity contribution in [2.24, 2.45) is 23.7 Å². The van der Waals surface area contributed by atoms with Gasteiger partial charge in [-0.2, -0.15) is 19.3 Å². The fourth-order valence-corrected chi connectivity index (χ4v) is 4.27. The number of nitrogens with one attached hydrogen (secondary N) is 1. The van der Waals surface area contributed by atoms with Crippen molar-refractivity contribution in [2.45, 2.75) is 141 Å². The smallest absolute Gasteiger partial charge is 0.00952 e. The van der Waals surface area contributed by atoms with Gasteiger partial charge < -0.3 is 18.7 Å². The van der Waals surface area contributed by atoms with Crippen molar-refractivity contribution < 1.29 is 34.1 Å². The first-order valence-corrected chi connectivity index (χ1v) is 13.0. The SMILES string of the molecule is C.CC.CC.CC.CC.CCNC1CCC[C@H](CC2CCC[CH-]C2C)C1C.[2HH].[B].[CH2-]C.[Y]. The molecule has 4 radical (unpaired) electrons. The Kier molecular flexibility index (Phi) is 65.8. The van der Waals surface area contributed by atoms with Crippen molar-refractivity contribution in [1.29, 1.82) is 0 Å². The van der Waals surface area contributed by atoms with Crippen molar-refractivity contribution >= 4 is 8.41 Å². The summed E-state index contributed by atoms with van der Waals surface area (Å²) in [6, 6.07) is 0.789. The summed E-state index contributed by atoms with van der Waals surface area (Å²) in [6.45, 7) is 29.3. The quantitative estimate of drug-likeness (QED) is 0.288. The Morgan fingerprint density at radius 1 is 0.839 bits per heavy atom. The van der Waals surface area contributed by atoms with Gasteiger partial charge in [-0.05, 0) is 31.2 Å². The van der Waals surface area contributed by atoms with Crippen molar-refractivity contribution in [3.8, 4) is 0 Å². The van der Waals surface area contributed by atoms with Gasteiger partial charge in [-0.1, -0.05) is 115 Å². The largest absolute Gasteiger partial charge is 0.346 e. The third kappa shape index (κ3) is 24.1. The zero-order valence-corrected chi connectivity index (χ0v) is 26.3. The molecule has 0 saturated heterocycles. The molecule has 0 aromatic heterocycles. The Morgan fingerprint density at radius 3 is 1.71 bits per heavy atom. The zero-order chi connectivity index (χ0) is 23.0. The topological polar surface area (TPSA) is 12.0 Å². The van der Waals surface area contributed by atoms with Crippen molar-refractivity contribution in [1.82, 2.24) is 5.32 Å². The Morgan fingerprint density at radius 2 is 1.29 bits per heavy atom. The molecular formula is C28H67BNY-2. The molecule has 0 aromatic carbocycles. The summed E-state index contributed by atoms with van der Waals surface area (Å²) in [5, 5.41) is 3.70. The number of hydrogen-bond donors (Lipinski definition) is 1. The molecule has 0 aliphatic heterocycles. The third-order valence-electron chi connectivity index (χ3n) is 5.60. The summed E-state index contributed by atoms with van der Waals surface area (Å²) in [6.07, 6.45) is 12.7. The second-order valence-electron chi connectivity index (χ2n) is 6.74. The van der Waals surface area contributed by atoms with Crippen LogP contribution in [0.25, 0.3) is 0 Å². The van der Waals surface area contributed by atoms with Crippen LogP contribution >= 0.6 is 0 Å². The van der Waals surface area contributed by atoms with Crippen LogP contribution in [0.3, 0.4) is 0 Å². The summed E-state index contributed by atoms with van der Waals surface area (Å²) in [4.78, 5) is 0. The molecule has 2 aliphatic carbocycles. The van der Waals surface area contributed by atoms with Crippen LogP contribution in [0.2, 0.25) is 0 Å². The maximum atomic E-state index is 3.70. The van der Waals surface area contributed by atoms with E-state index in [1.165, 1.54) is 44.9 Å². The molecule has 1 nitrogen and oxygen atoms in total. The van der Waals surface area contributed by atoms with E-state index in [1.807, 2.05) is 55.4 Å². The molecule has 2 fully saturated rings. The van der Waals surface area contributed by atoms with Gasteiger partial charge in [-0.25, -0.2) is 0 Å². The Labute approximate surface area is 231 Å². The predicted octanol–water partition coefficient (Wildman–Crippen LogP) is 9.88. The van der Waals surface area contributed by atoms with Crippen LogP contribution in [0.4, 0.5) is 0 Å². The standard InChI is InChI=1S/C17H32N.4C2H6.C2H5.CH4.B.Y.H2/c1-4-18-17-11-7-10-16(14(17)3)12-15-9-6-5-8-13(15)2;5*1-2;;;;/h8,13-18H,4-7,9-12H2,1-3H3;4*1-2H3;1H2,2H3;1H4;;;1H/q-1;;;;;-1;;;;/t13?,14?,15?,16-,17?;;;;;;;;;/m1........./s1/i;;;;;;;;;1+1. The summed E-state index contributed by atoms with van der Waals surface area (Å²) in [7, 11) is 0. The van der Waals surface area contributed by atoms with Crippen molar-refractivity contribution in [3.05, 3.63) is 13.3 Å². The van der Waals surface area contributed by atoms with Gasteiger partial charge in [0.1, 0.15) is 0 Å². The van der Waals surface area contributed by atoms with Gasteiger partial charge in [0.25, 0.3) is 0 Å². The van der Waals surface area contributed by atoms with Crippen LogP contribution in [0.15, 0.2) is 0 Å². The van der Waals surface area contributed by atoms with Gasteiger partial charge in [0.2, 0.25) is 0 Å². The molecule has 0 amide bonds. The average molecular weight is 519 g/mol. The van der Waals surface area contributed by atoms with Crippen LogP contribution in [-0.4, -0.2) is 21.0 Å². The molecule has 0 bridgehead atoms. The van der Waals surface area contributed by atoms with E-state index in [9.17, 15) is 0 Å². The van der Waals surface area contributed by atoms with E-state index in [0.29, 0.717) is 0 Å². The minimum absolute atomic E-state index is 0. The Bertz CT molecular complexity index is 256. The summed E-state index contributed by atoms with van der Waals surface area (Å²) in [5.41, 5.74) is 0. The maximum absolute atomic E-state index is 3.70. The normalized spacial score (nSPS) is 25.3. The molecule has 2 aliphatic rings. The van der Waals surface area contributed by atoms with Crippen LogP contribution < -0.4 is 5.32 Å². The van der Waals surface area contributed by atoms with E-state index in [2.05, 4.69) is 39.4 Å². The van der Waals surface area contributed by atoms with Crippen LogP contribution in [0.1, 0.15) is 137 Å². The van der Waals surface area contributed by atoms with Gasteiger partial charge in [0, 0.05) is 48.6 Å². The summed E-state index contributed by atoms with van der Waals surface area (Å²) in [5.74, 6) is 3.70. The first kappa shape index (κ1) is 49.3. The first-order valence-electron chi connectivity index (χ1n) is 13.0. The molecule has 0 aromatic rings. The van der Waals surface area contributed by atoms with Gasteiger partial charge in [-0.3, -0.25) is 0 Å². The van der Waals surface area contributed by atoms with Gasteiger partial charge >= 0.3 is 0 Å². The number of rotatable bonds is 4. The molecule has 0 heterocycles.